The zero-order valence-corrected chi connectivity index (χ0v) is 13.5. The van der Waals surface area contributed by atoms with Gasteiger partial charge in [-0.1, -0.05) is 27.7 Å². The average Bonchev–Trinajstić information content (AvgIpc) is 2.72. The maximum Gasteiger partial charge on any atom is 0.0974 e. The highest BCUT2D eigenvalue weighted by Gasteiger charge is 2.40. The highest BCUT2D eigenvalue weighted by molar-refractivity contribution is 7.12. The lowest BCUT2D eigenvalue weighted by atomic mass is 9.67. The van der Waals surface area contributed by atoms with Crippen molar-refractivity contribution in [2.75, 3.05) is 13.1 Å². The van der Waals surface area contributed by atoms with E-state index in [2.05, 4.69) is 33.0 Å². The predicted molar refractivity (Wildman–Crippen MR) is 82.1 cm³/mol. The molecule has 0 aromatic carbocycles. The molecule has 106 valence electrons. The minimum absolute atomic E-state index is 0.301. The van der Waals surface area contributed by atoms with Crippen LogP contribution in [0.3, 0.4) is 0 Å². The Kier molecular flexibility index (Phi) is 3.25. The summed E-state index contributed by atoms with van der Waals surface area (Å²) in [4.78, 5) is 6.61. The van der Waals surface area contributed by atoms with Crippen molar-refractivity contribution in [3.63, 3.8) is 0 Å². The van der Waals surface area contributed by atoms with E-state index in [0.717, 1.165) is 13.0 Å². The monoisotopic (exact) mass is 278 g/mol. The zero-order valence-electron chi connectivity index (χ0n) is 12.7. The van der Waals surface area contributed by atoms with Gasteiger partial charge >= 0.3 is 0 Å². The van der Waals surface area contributed by atoms with Crippen molar-refractivity contribution in [1.82, 2.24) is 10.3 Å². The van der Waals surface area contributed by atoms with Gasteiger partial charge in [-0.05, 0) is 37.6 Å². The van der Waals surface area contributed by atoms with Crippen LogP contribution in [0.15, 0.2) is 0 Å². The van der Waals surface area contributed by atoms with Crippen LogP contribution in [0, 0.1) is 5.41 Å². The Morgan fingerprint density at radius 3 is 2.74 bits per heavy atom. The van der Waals surface area contributed by atoms with E-state index in [0.29, 0.717) is 16.7 Å². The van der Waals surface area contributed by atoms with Gasteiger partial charge in [-0.2, -0.15) is 0 Å². The van der Waals surface area contributed by atoms with Gasteiger partial charge in [-0.15, -0.1) is 11.3 Å². The highest BCUT2D eigenvalue weighted by Crippen LogP contribution is 2.48. The van der Waals surface area contributed by atoms with Crippen molar-refractivity contribution in [1.29, 1.82) is 0 Å². The van der Waals surface area contributed by atoms with E-state index in [1.54, 1.807) is 4.88 Å². The van der Waals surface area contributed by atoms with E-state index in [4.69, 9.17) is 4.98 Å². The Labute approximate surface area is 121 Å². The molecule has 0 saturated carbocycles. The summed E-state index contributed by atoms with van der Waals surface area (Å²) in [6.07, 6.45) is 5.03. The molecule has 3 rings (SSSR count). The minimum Gasteiger partial charge on any atom is -0.316 e. The fourth-order valence-corrected chi connectivity index (χ4v) is 5.37. The first-order chi connectivity index (χ1) is 8.87. The third-order valence-corrected chi connectivity index (χ3v) is 6.17. The van der Waals surface area contributed by atoms with Crippen molar-refractivity contribution in [2.24, 2.45) is 5.41 Å². The van der Waals surface area contributed by atoms with Gasteiger partial charge in [0.25, 0.3) is 0 Å². The molecule has 3 heteroatoms. The van der Waals surface area contributed by atoms with E-state index in [-0.39, 0.29) is 0 Å². The summed E-state index contributed by atoms with van der Waals surface area (Å²) in [6.45, 7) is 11.9. The molecule has 2 nitrogen and oxygen atoms in total. The quantitative estimate of drug-likeness (QED) is 0.844. The van der Waals surface area contributed by atoms with Crippen LogP contribution in [-0.2, 0) is 11.8 Å². The maximum absolute atomic E-state index is 5.04. The van der Waals surface area contributed by atoms with Crippen LogP contribution in [0.2, 0.25) is 0 Å². The molecule has 19 heavy (non-hydrogen) atoms. The molecule has 1 unspecified atom stereocenters. The second kappa shape index (κ2) is 4.56. The number of fused-ring (bicyclic) bond motifs is 1. The lowest BCUT2D eigenvalue weighted by molar-refractivity contribution is 0.232. The van der Waals surface area contributed by atoms with E-state index >= 15 is 0 Å². The summed E-state index contributed by atoms with van der Waals surface area (Å²) in [5.74, 6) is 0.656. The number of aromatic nitrogens is 1. The molecule has 0 spiro atoms. The molecule has 1 aliphatic heterocycles. The number of thiazole rings is 1. The summed E-state index contributed by atoms with van der Waals surface area (Å²) in [7, 11) is 0. The summed E-state index contributed by atoms with van der Waals surface area (Å²) in [5.41, 5.74) is 2.09. The standard InChI is InChI=1S/C16H26N2S/c1-15(2)8-12-13(16(3,4)10-15)19-14(18-12)11-6-5-7-17-9-11/h11,17H,5-10H2,1-4H3. The topological polar surface area (TPSA) is 24.9 Å². The molecule has 1 fully saturated rings. The minimum atomic E-state index is 0.301. The molecule has 0 radical (unpaired) electrons. The predicted octanol–water partition coefficient (Wildman–Crippen LogP) is 3.86. The number of hydrogen-bond donors (Lipinski definition) is 1. The molecule has 2 aliphatic rings. The maximum atomic E-state index is 5.04. The Morgan fingerprint density at radius 1 is 1.26 bits per heavy atom. The fraction of sp³-hybridized carbons (Fsp3) is 0.812. The van der Waals surface area contributed by atoms with E-state index in [1.807, 2.05) is 11.3 Å². The first-order valence-corrected chi connectivity index (χ1v) is 8.40. The van der Waals surface area contributed by atoms with Gasteiger partial charge in [-0.25, -0.2) is 4.98 Å². The summed E-state index contributed by atoms with van der Waals surface area (Å²) in [6, 6.07) is 0. The Bertz CT molecular complexity index is 467. The normalized spacial score (nSPS) is 28.9. The smallest absolute Gasteiger partial charge is 0.0974 e. The Balaban J connectivity index is 1.94. The number of nitrogens with one attached hydrogen (secondary N) is 1. The highest BCUT2D eigenvalue weighted by atomic mass is 32.1. The van der Waals surface area contributed by atoms with Gasteiger partial charge in [-0.3, -0.25) is 0 Å². The first-order valence-electron chi connectivity index (χ1n) is 7.58. The van der Waals surface area contributed by atoms with Gasteiger partial charge in [0.15, 0.2) is 0 Å². The van der Waals surface area contributed by atoms with Crippen LogP contribution in [0.1, 0.15) is 68.5 Å². The van der Waals surface area contributed by atoms with Crippen LogP contribution < -0.4 is 5.32 Å². The van der Waals surface area contributed by atoms with Crippen molar-refractivity contribution in [2.45, 2.75) is 64.7 Å². The Hall–Kier alpha value is -0.410. The summed E-state index contributed by atoms with van der Waals surface area (Å²) >= 11 is 2.00. The van der Waals surface area contributed by atoms with Crippen LogP contribution >= 0.6 is 11.3 Å². The van der Waals surface area contributed by atoms with Gasteiger partial charge < -0.3 is 5.32 Å². The summed E-state index contributed by atoms with van der Waals surface area (Å²) < 4.78 is 0. The zero-order chi connectivity index (χ0) is 13.7. The van der Waals surface area contributed by atoms with Gasteiger partial charge in [0.2, 0.25) is 0 Å². The molecule has 1 saturated heterocycles. The van der Waals surface area contributed by atoms with Gasteiger partial charge in [0.1, 0.15) is 0 Å². The molecule has 0 amide bonds. The molecular formula is C16H26N2S. The third-order valence-electron chi connectivity index (χ3n) is 4.54. The molecule has 1 N–H and O–H groups in total. The number of nitrogens with zero attached hydrogens (tertiary/aromatic N) is 1. The van der Waals surface area contributed by atoms with Gasteiger partial charge in [0.05, 0.1) is 10.7 Å². The first kappa shape index (κ1) is 13.6. The van der Waals surface area contributed by atoms with Crippen molar-refractivity contribution in [3.8, 4) is 0 Å². The third kappa shape index (κ3) is 2.59. The lowest BCUT2D eigenvalue weighted by Crippen LogP contribution is -2.33. The molecule has 0 bridgehead atoms. The van der Waals surface area contributed by atoms with E-state index in [1.165, 1.54) is 36.5 Å². The van der Waals surface area contributed by atoms with E-state index < -0.39 is 0 Å². The number of piperidine rings is 1. The van der Waals surface area contributed by atoms with E-state index in [9.17, 15) is 0 Å². The molecule has 1 atom stereocenters. The number of rotatable bonds is 1. The molecule has 1 aromatic heterocycles. The SMILES string of the molecule is CC1(C)Cc2nc(C3CCCNC3)sc2C(C)(C)C1. The van der Waals surface area contributed by atoms with Gasteiger partial charge in [0, 0.05) is 22.8 Å². The largest absolute Gasteiger partial charge is 0.316 e. The van der Waals surface area contributed by atoms with Crippen molar-refractivity contribution in [3.05, 3.63) is 15.6 Å². The molecule has 1 aromatic rings. The lowest BCUT2D eigenvalue weighted by Gasteiger charge is -2.39. The van der Waals surface area contributed by atoms with Crippen LogP contribution in [0.25, 0.3) is 0 Å². The second-order valence-corrected chi connectivity index (χ2v) is 8.80. The van der Waals surface area contributed by atoms with Crippen LogP contribution in [0.5, 0.6) is 0 Å². The molecule has 1 aliphatic carbocycles. The summed E-state index contributed by atoms with van der Waals surface area (Å²) in [5, 5.41) is 4.91. The number of hydrogen-bond acceptors (Lipinski definition) is 3. The Morgan fingerprint density at radius 2 is 2.05 bits per heavy atom. The average molecular weight is 278 g/mol. The van der Waals surface area contributed by atoms with Crippen molar-refractivity contribution < 1.29 is 0 Å². The van der Waals surface area contributed by atoms with Crippen LogP contribution in [-0.4, -0.2) is 18.1 Å². The second-order valence-electron chi connectivity index (χ2n) is 7.77. The van der Waals surface area contributed by atoms with Crippen LogP contribution in [0.4, 0.5) is 0 Å². The molecule has 2 heterocycles. The van der Waals surface area contributed by atoms with Crippen molar-refractivity contribution >= 4 is 11.3 Å². The molecular weight excluding hydrogens is 252 g/mol. The fourth-order valence-electron chi connectivity index (χ4n) is 4.05.